The molecule has 1 aromatic rings. The largest absolute Gasteiger partial charge is 0.383 e. The second-order valence-electron chi connectivity index (χ2n) is 4.08. The number of carbonyl (C=O) groups is 1. The van der Waals surface area contributed by atoms with Crippen LogP contribution < -0.4 is 10.6 Å². The van der Waals surface area contributed by atoms with Gasteiger partial charge in [-0.25, -0.2) is 0 Å². The second-order valence-corrected chi connectivity index (χ2v) is 4.49. The lowest BCUT2D eigenvalue weighted by atomic mass is 10.2. The Kier molecular flexibility index (Phi) is 5.95. The molecular weight excluding hydrogens is 252 g/mol. The van der Waals surface area contributed by atoms with Crippen molar-refractivity contribution in [1.29, 1.82) is 0 Å². The molecule has 1 atom stereocenters. The van der Waals surface area contributed by atoms with E-state index in [1.807, 2.05) is 19.1 Å². The van der Waals surface area contributed by atoms with E-state index in [2.05, 4.69) is 10.6 Å². The van der Waals surface area contributed by atoms with E-state index >= 15 is 0 Å². The fourth-order valence-electron chi connectivity index (χ4n) is 1.53. The van der Waals surface area contributed by atoms with Crippen LogP contribution in [0.15, 0.2) is 18.2 Å². The van der Waals surface area contributed by atoms with Crippen LogP contribution in [0.2, 0.25) is 5.02 Å². The topological polar surface area (TPSA) is 50.4 Å². The van der Waals surface area contributed by atoms with Gasteiger partial charge in [-0.15, -0.1) is 0 Å². The number of rotatable bonds is 6. The molecule has 1 unspecified atom stereocenters. The van der Waals surface area contributed by atoms with Crippen LogP contribution in [0.3, 0.4) is 0 Å². The molecule has 0 fully saturated rings. The van der Waals surface area contributed by atoms with Gasteiger partial charge in [0.2, 0.25) is 5.91 Å². The maximum atomic E-state index is 11.8. The Morgan fingerprint density at radius 3 is 2.83 bits per heavy atom. The maximum Gasteiger partial charge on any atom is 0.242 e. The maximum absolute atomic E-state index is 11.8. The molecule has 0 saturated carbocycles. The van der Waals surface area contributed by atoms with Gasteiger partial charge in [-0.3, -0.25) is 4.79 Å². The van der Waals surface area contributed by atoms with E-state index in [0.29, 0.717) is 18.2 Å². The Hall–Kier alpha value is -1.26. The summed E-state index contributed by atoms with van der Waals surface area (Å²) in [5, 5.41) is 6.51. The third-order valence-electron chi connectivity index (χ3n) is 2.58. The summed E-state index contributed by atoms with van der Waals surface area (Å²) in [5.41, 5.74) is 1.81. The van der Waals surface area contributed by atoms with Crippen molar-refractivity contribution >= 4 is 23.2 Å². The van der Waals surface area contributed by atoms with Crippen LogP contribution in [0.25, 0.3) is 0 Å². The molecule has 0 aliphatic carbocycles. The number of aryl methyl sites for hydroxylation is 1. The van der Waals surface area contributed by atoms with Gasteiger partial charge in [0.1, 0.15) is 6.04 Å². The molecule has 4 nitrogen and oxygen atoms in total. The SMILES string of the molecule is COCCNC(=O)C(C)Nc1c(C)cccc1Cl. The van der Waals surface area contributed by atoms with Crippen molar-refractivity contribution in [3.05, 3.63) is 28.8 Å². The number of benzene rings is 1. The minimum atomic E-state index is -0.347. The fourth-order valence-corrected chi connectivity index (χ4v) is 1.80. The van der Waals surface area contributed by atoms with Crippen LogP contribution >= 0.6 is 11.6 Å². The van der Waals surface area contributed by atoms with Crippen molar-refractivity contribution < 1.29 is 9.53 Å². The molecule has 2 N–H and O–H groups in total. The highest BCUT2D eigenvalue weighted by atomic mass is 35.5. The standard InChI is InChI=1S/C13H19ClN2O2/c1-9-5-4-6-11(14)12(9)16-10(2)13(17)15-7-8-18-3/h4-6,10,16H,7-8H2,1-3H3,(H,15,17). The molecule has 0 heterocycles. The zero-order valence-electron chi connectivity index (χ0n) is 10.9. The number of hydrogen-bond donors (Lipinski definition) is 2. The molecule has 1 rings (SSSR count). The van der Waals surface area contributed by atoms with Crippen molar-refractivity contribution in [3.8, 4) is 0 Å². The summed E-state index contributed by atoms with van der Waals surface area (Å²) in [4.78, 5) is 11.8. The van der Waals surface area contributed by atoms with Crippen molar-refractivity contribution in [3.63, 3.8) is 0 Å². The predicted molar refractivity (Wildman–Crippen MR) is 74.2 cm³/mol. The molecule has 1 amide bonds. The quantitative estimate of drug-likeness (QED) is 0.780. The number of ether oxygens (including phenoxy) is 1. The summed E-state index contributed by atoms with van der Waals surface area (Å²) in [6.07, 6.45) is 0. The third-order valence-corrected chi connectivity index (χ3v) is 2.90. The number of halogens is 1. The Bertz CT molecular complexity index is 390. The van der Waals surface area contributed by atoms with Crippen LogP contribution in [0, 0.1) is 6.92 Å². The van der Waals surface area contributed by atoms with Gasteiger partial charge in [0, 0.05) is 13.7 Å². The second kappa shape index (κ2) is 7.24. The average Bonchev–Trinajstić information content (AvgIpc) is 2.34. The number of anilines is 1. The first-order valence-corrected chi connectivity index (χ1v) is 6.22. The van der Waals surface area contributed by atoms with Gasteiger partial charge in [0.15, 0.2) is 0 Å². The zero-order valence-corrected chi connectivity index (χ0v) is 11.7. The molecule has 0 saturated heterocycles. The molecule has 0 aliphatic rings. The van der Waals surface area contributed by atoms with E-state index < -0.39 is 0 Å². The minimum absolute atomic E-state index is 0.0774. The summed E-state index contributed by atoms with van der Waals surface area (Å²) in [7, 11) is 1.60. The van der Waals surface area contributed by atoms with Gasteiger partial charge in [-0.05, 0) is 25.5 Å². The van der Waals surface area contributed by atoms with Crippen LogP contribution in [-0.4, -0.2) is 32.2 Å². The first-order chi connectivity index (χ1) is 8.56. The van der Waals surface area contributed by atoms with Gasteiger partial charge in [0.05, 0.1) is 17.3 Å². The number of methoxy groups -OCH3 is 1. The Morgan fingerprint density at radius 1 is 1.50 bits per heavy atom. The van der Waals surface area contributed by atoms with Gasteiger partial charge in [-0.2, -0.15) is 0 Å². The first-order valence-electron chi connectivity index (χ1n) is 5.84. The van der Waals surface area contributed by atoms with E-state index in [9.17, 15) is 4.79 Å². The zero-order chi connectivity index (χ0) is 13.5. The number of para-hydroxylation sites is 1. The minimum Gasteiger partial charge on any atom is -0.383 e. The summed E-state index contributed by atoms with van der Waals surface area (Å²) in [6, 6.07) is 5.28. The average molecular weight is 271 g/mol. The summed E-state index contributed by atoms with van der Waals surface area (Å²) < 4.78 is 4.87. The van der Waals surface area contributed by atoms with Crippen LogP contribution in [0.4, 0.5) is 5.69 Å². The summed E-state index contributed by atoms with van der Waals surface area (Å²) in [5.74, 6) is -0.0774. The molecule has 5 heteroatoms. The van der Waals surface area contributed by atoms with Crippen LogP contribution in [0.1, 0.15) is 12.5 Å². The first kappa shape index (κ1) is 14.8. The summed E-state index contributed by atoms with van der Waals surface area (Å²) >= 11 is 6.09. The molecule has 0 aromatic heterocycles. The van der Waals surface area contributed by atoms with Gasteiger partial charge < -0.3 is 15.4 Å². The monoisotopic (exact) mass is 270 g/mol. The van der Waals surface area contributed by atoms with Crippen molar-refractivity contribution in [2.45, 2.75) is 19.9 Å². The molecule has 100 valence electrons. The van der Waals surface area contributed by atoms with Crippen LogP contribution in [-0.2, 0) is 9.53 Å². The van der Waals surface area contributed by atoms with Crippen molar-refractivity contribution in [2.75, 3.05) is 25.6 Å². The number of hydrogen-bond acceptors (Lipinski definition) is 3. The van der Waals surface area contributed by atoms with Gasteiger partial charge in [0.25, 0.3) is 0 Å². The molecule has 0 radical (unpaired) electrons. The highest BCUT2D eigenvalue weighted by Crippen LogP contribution is 2.25. The van der Waals surface area contributed by atoms with E-state index in [0.717, 1.165) is 11.3 Å². The summed E-state index contributed by atoms with van der Waals surface area (Å²) in [6.45, 7) is 4.75. The number of nitrogens with one attached hydrogen (secondary N) is 2. The van der Waals surface area contributed by atoms with Crippen LogP contribution in [0.5, 0.6) is 0 Å². The molecule has 18 heavy (non-hydrogen) atoms. The molecule has 1 aromatic carbocycles. The lowest BCUT2D eigenvalue weighted by Gasteiger charge is -2.17. The lowest BCUT2D eigenvalue weighted by Crippen LogP contribution is -2.39. The third kappa shape index (κ3) is 4.20. The van der Waals surface area contributed by atoms with Crippen molar-refractivity contribution in [2.24, 2.45) is 0 Å². The molecule has 0 aliphatic heterocycles. The molecule has 0 spiro atoms. The Labute approximate surface area is 113 Å². The Balaban J connectivity index is 2.58. The van der Waals surface area contributed by atoms with E-state index in [1.54, 1.807) is 20.1 Å². The van der Waals surface area contributed by atoms with Crippen molar-refractivity contribution in [1.82, 2.24) is 5.32 Å². The number of carbonyl (C=O) groups excluding carboxylic acids is 1. The smallest absolute Gasteiger partial charge is 0.242 e. The van der Waals surface area contributed by atoms with E-state index in [1.165, 1.54) is 0 Å². The highest BCUT2D eigenvalue weighted by Gasteiger charge is 2.14. The molecular formula is C13H19ClN2O2. The molecule has 0 bridgehead atoms. The Morgan fingerprint density at radius 2 is 2.22 bits per heavy atom. The van der Waals surface area contributed by atoms with Gasteiger partial charge >= 0.3 is 0 Å². The lowest BCUT2D eigenvalue weighted by molar-refractivity contribution is -0.121. The number of amides is 1. The highest BCUT2D eigenvalue weighted by molar-refractivity contribution is 6.33. The predicted octanol–water partition coefficient (Wildman–Crippen LogP) is 2.21. The van der Waals surface area contributed by atoms with E-state index in [4.69, 9.17) is 16.3 Å². The van der Waals surface area contributed by atoms with E-state index in [-0.39, 0.29) is 11.9 Å². The fraction of sp³-hybridized carbons (Fsp3) is 0.462. The normalized spacial score (nSPS) is 12.0. The van der Waals surface area contributed by atoms with Gasteiger partial charge in [-0.1, -0.05) is 23.7 Å².